The van der Waals surface area contributed by atoms with Crippen LogP contribution < -0.4 is 10.5 Å². The highest BCUT2D eigenvalue weighted by molar-refractivity contribution is 5.97. The van der Waals surface area contributed by atoms with E-state index in [9.17, 15) is 0 Å². The number of nitrogens with one attached hydrogen (secondary N) is 1. The first-order valence-electron chi connectivity index (χ1n) is 6.23. The van der Waals surface area contributed by atoms with Gasteiger partial charge in [-0.1, -0.05) is 32.3 Å². The van der Waals surface area contributed by atoms with Crippen molar-refractivity contribution in [3.8, 4) is 5.75 Å². The lowest BCUT2D eigenvalue weighted by molar-refractivity contribution is 0.304. The molecule has 0 bridgehead atoms. The summed E-state index contributed by atoms with van der Waals surface area (Å²) in [4.78, 5) is 0. The first kappa shape index (κ1) is 13.6. The van der Waals surface area contributed by atoms with Crippen LogP contribution in [-0.4, -0.2) is 12.4 Å². The van der Waals surface area contributed by atoms with E-state index in [0.717, 1.165) is 17.7 Å². The second-order valence-corrected chi connectivity index (χ2v) is 4.32. The number of hydrogen-bond acceptors (Lipinski definition) is 2. The van der Waals surface area contributed by atoms with Crippen molar-refractivity contribution in [2.24, 2.45) is 5.73 Å². The number of amidine groups is 1. The molecule has 0 amide bonds. The zero-order valence-corrected chi connectivity index (χ0v) is 10.8. The van der Waals surface area contributed by atoms with Crippen LogP contribution in [0.25, 0.3) is 0 Å². The summed E-state index contributed by atoms with van der Waals surface area (Å²) >= 11 is 0. The molecule has 0 heterocycles. The van der Waals surface area contributed by atoms with Gasteiger partial charge in [0.05, 0.1) is 12.2 Å². The van der Waals surface area contributed by atoms with Crippen molar-refractivity contribution in [3.05, 3.63) is 29.3 Å². The lowest BCUT2D eigenvalue weighted by atomic mass is 10.1. The molecule has 0 radical (unpaired) electrons. The van der Waals surface area contributed by atoms with Gasteiger partial charge in [-0.25, -0.2) is 0 Å². The zero-order valence-electron chi connectivity index (χ0n) is 10.8. The average Bonchev–Trinajstić information content (AvgIpc) is 2.28. The van der Waals surface area contributed by atoms with Gasteiger partial charge in [0.1, 0.15) is 11.6 Å². The predicted octanol–water partition coefficient (Wildman–Crippen LogP) is 3.24. The second-order valence-electron chi connectivity index (χ2n) is 4.32. The summed E-state index contributed by atoms with van der Waals surface area (Å²) in [5.74, 6) is 0.794. The lowest BCUT2D eigenvalue weighted by Gasteiger charge is -2.11. The molecule has 1 rings (SSSR count). The Morgan fingerprint density at radius 2 is 2.06 bits per heavy atom. The van der Waals surface area contributed by atoms with Gasteiger partial charge in [0.15, 0.2) is 0 Å². The molecule has 0 saturated heterocycles. The molecule has 0 aromatic heterocycles. The van der Waals surface area contributed by atoms with Crippen molar-refractivity contribution in [1.82, 2.24) is 0 Å². The van der Waals surface area contributed by atoms with Crippen LogP contribution in [0.1, 0.15) is 43.7 Å². The molecular formula is C14H22N2O. The van der Waals surface area contributed by atoms with E-state index in [2.05, 4.69) is 6.92 Å². The molecule has 94 valence electrons. The van der Waals surface area contributed by atoms with E-state index in [1.165, 1.54) is 19.3 Å². The van der Waals surface area contributed by atoms with Crippen LogP contribution in [0.2, 0.25) is 0 Å². The highest BCUT2D eigenvalue weighted by Gasteiger charge is 2.06. The molecule has 1 aromatic carbocycles. The highest BCUT2D eigenvalue weighted by atomic mass is 16.5. The summed E-state index contributed by atoms with van der Waals surface area (Å²) in [5, 5.41) is 7.49. The summed E-state index contributed by atoms with van der Waals surface area (Å²) in [7, 11) is 0. The van der Waals surface area contributed by atoms with Crippen LogP contribution in [0.3, 0.4) is 0 Å². The molecule has 3 nitrogen and oxygen atoms in total. The van der Waals surface area contributed by atoms with Gasteiger partial charge in [-0.15, -0.1) is 0 Å². The third kappa shape index (κ3) is 4.47. The minimum absolute atomic E-state index is 0.0635. The summed E-state index contributed by atoms with van der Waals surface area (Å²) in [6, 6.07) is 5.73. The minimum Gasteiger partial charge on any atom is -0.493 e. The number of unbranched alkanes of at least 4 members (excludes halogenated alkanes) is 3. The number of hydrogen-bond donors (Lipinski definition) is 2. The highest BCUT2D eigenvalue weighted by Crippen LogP contribution is 2.20. The van der Waals surface area contributed by atoms with Gasteiger partial charge < -0.3 is 10.5 Å². The minimum atomic E-state index is 0.0635. The summed E-state index contributed by atoms with van der Waals surface area (Å²) < 4.78 is 5.71. The molecule has 0 atom stereocenters. The van der Waals surface area contributed by atoms with Crippen molar-refractivity contribution < 1.29 is 4.74 Å². The van der Waals surface area contributed by atoms with E-state index in [4.69, 9.17) is 15.9 Å². The normalized spacial score (nSPS) is 10.2. The summed E-state index contributed by atoms with van der Waals surface area (Å²) in [6.07, 6.45) is 4.72. The van der Waals surface area contributed by atoms with Crippen molar-refractivity contribution >= 4 is 5.84 Å². The zero-order chi connectivity index (χ0) is 12.7. The third-order valence-electron chi connectivity index (χ3n) is 2.68. The number of benzene rings is 1. The molecule has 3 heteroatoms. The van der Waals surface area contributed by atoms with Gasteiger partial charge >= 0.3 is 0 Å². The molecule has 0 aliphatic rings. The van der Waals surface area contributed by atoms with Crippen LogP contribution in [0.15, 0.2) is 18.2 Å². The fourth-order valence-corrected chi connectivity index (χ4v) is 1.68. The standard InChI is InChI=1S/C14H22N2O/c1-3-4-5-6-9-17-13-10-11(2)7-8-12(13)14(15)16/h7-8,10H,3-6,9H2,1-2H3,(H3,15,16). The maximum atomic E-state index is 7.49. The Morgan fingerprint density at radius 1 is 1.29 bits per heavy atom. The molecule has 0 aliphatic carbocycles. The van der Waals surface area contributed by atoms with Crippen LogP contribution in [0.4, 0.5) is 0 Å². The maximum Gasteiger partial charge on any atom is 0.130 e. The second kappa shape index (κ2) is 6.94. The quantitative estimate of drug-likeness (QED) is 0.432. The summed E-state index contributed by atoms with van der Waals surface area (Å²) in [5.41, 5.74) is 7.33. The largest absolute Gasteiger partial charge is 0.493 e. The van der Waals surface area contributed by atoms with Crippen molar-refractivity contribution in [3.63, 3.8) is 0 Å². The van der Waals surface area contributed by atoms with E-state index in [1.807, 2.05) is 25.1 Å². The van der Waals surface area contributed by atoms with Gasteiger partial charge in [0, 0.05) is 0 Å². The number of rotatable bonds is 7. The predicted molar refractivity (Wildman–Crippen MR) is 71.8 cm³/mol. The van der Waals surface area contributed by atoms with E-state index < -0.39 is 0 Å². The Balaban J connectivity index is 2.56. The number of nitrogen functional groups attached to an aromatic ring is 1. The first-order chi connectivity index (χ1) is 8.15. The Labute approximate surface area is 103 Å². The van der Waals surface area contributed by atoms with Gasteiger partial charge in [0.2, 0.25) is 0 Å². The molecule has 0 saturated carbocycles. The van der Waals surface area contributed by atoms with Gasteiger partial charge in [-0.3, -0.25) is 5.41 Å². The van der Waals surface area contributed by atoms with Crippen LogP contribution in [-0.2, 0) is 0 Å². The maximum absolute atomic E-state index is 7.49. The monoisotopic (exact) mass is 234 g/mol. The van der Waals surface area contributed by atoms with E-state index in [-0.39, 0.29) is 5.84 Å². The van der Waals surface area contributed by atoms with Crippen LogP contribution >= 0.6 is 0 Å². The van der Waals surface area contributed by atoms with Crippen molar-refractivity contribution in [1.29, 1.82) is 5.41 Å². The molecular weight excluding hydrogens is 212 g/mol. The molecule has 17 heavy (non-hydrogen) atoms. The Morgan fingerprint density at radius 3 is 2.71 bits per heavy atom. The molecule has 1 aromatic rings. The van der Waals surface area contributed by atoms with Gasteiger partial charge in [-0.2, -0.15) is 0 Å². The SMILES string of the molecule is CCCCCCOc1cc(C)ccc1C(=N)N. The Hall–Kier alpha value is -1.51. The van der Waals surface area contributed by atoms with Crippen molar-refractivity contribution in [2.45, 2.75) is 39.5 Å². The summed E-state index contributed by atoms with van der Waals surface area (Å²) in [6.45, 7) is 4.90. The van der Waals surface area contributed by atoms with Crippen molar-refractivity contribution in [2.75, 3.05) is 6.61 Å². The third-order valence-corrected chi connectivity index (χ3v) is 2.68. The fourth-order valence-electron chi connectivity index (χ4n) is 1.68. The molecule has 0 unspecified atom stereocenters. The molecule has 0 spiro atoms. The lowest BCUT2D eigenvalue weighted by Crippen LogP contribution is -2.13. The Kier molecular flexibility index (Phi) is 5.53. The molecule has 3 N–H and O–H groups in total. The molecule has 0 fully saturated rings. The fraction of sp³-hybridized carbons (Fsp3) is 0.500. The van der Waals surface area contributed by atoms with Gasteiger partial charge in [-0.05, 0) is 31.0 Å². The molecule has 0 aliphatic heterocycles. The van der Waals surface area contributed by atoms with Gasteiger partial charge in [0.25, 0.3) is 0 Å². The smallest absolute Gasteiger partial charge is 0.130 e. The van der Waals surface area contributed by atoms with E-state index in [1.54, 1.807) is 0 Å². The van der Waals surface area contributed by atoms with Crippen LogP contribution in [0, 0.1) is 12.3 Å². The van der Waals surface area contributed by atoms with E-state index in [0.29, 0.717) is 12.2 Å². The number of aryl methyl sites for hydroxylation is 1. The van der Waals surface area contributed by atoms with E-state index >= 15 is 0 Å². The first-order valence-corrected chi connectivity index (χ1v) is 6.23. The number of nitrogens with two attached hydrogens (primary N) is 1. The van der Waals surface area contributed by atoms with Crippen LogP contribution in [0.5, 0.6) is 5.75 Å². The Bertz CT molecular complexity index is 374. The topological polar surface area (TPSA) is 59.1 Å². The number of ether oxygens (including phenoxy) is 1. The average molecular weight is 234 g/mol.